The maximum atomic E-state index is 13.4. The summed E-state index contributed by atoms with van der Waals surface area (Å²) in [5.74, 6) is -0.672. The first-order chi connectivity index (χ1) is 7.70. The van der Waals surface area contributed by atoms with Crippen LogP contribution >= 0.6 is 0 Å². The second-order valence-electron chi connectivity index (χ2n) is 3.28. The molecule has 1 N–H and O–H groups in total. The van der Waals surface area contributed by atoms with Gasteiger partial charge in [-0.1, -0.05) is 5.16 Å². The maximum absolute atomic E-state index is 13.4. The molecule has 0 bridgehead atoms. The molecule has 1 heterocycles. The van der Waals surface area contributed by atoms with Gasteiger partial charge in [0.1, 0.15) is 23.1 Å². The van der Waals surface area contributed by atoms with E-state index >= 15 is 0 Å². The van der Waals surface area contributed by atoms with E-state index in [9.17, 15) is 8.78 Å². The van der Waals surface area contributed by atoms with Crippen LogP contribution in [0, 0.1) is 11.6 Å². The highest BCUT2D eigenvalue weighted by Crippen LogP contribution is 2.23. The summed E-state index contributed by atoms with van der Waals surface area (Å²) in [5, 5.41) is 12.3. The zero-order valence-electron chi connectivity index (χ0n) is 8.28. The van der Waals surface area contributed by atoms with Gasteiger partial charge >= 0.3 is 0 Å². The van der Waals surface area contributed by atoms with Gasteiger partial charge in [-0.25, -0.2) is 8.78 Å². The van der Waals surface area contributed by atoms with Gasteiger partial charge in [0, 0.05) is 18.1 Å². The molecule has 2 aromatic rings. The Morgan fingerprint density at radius 1 is 1.25 bits per heavy atom. The molecule has 0 aliphatic rings. The van der Waals surface area contributed by atoms with E-state index in [4.69, 9.17) is 9.63 Å². The topological polar surface area (TPSA) is 46.3 Å². The van der Waals surface area contributed by atoms with Crippen LogP contribution in [0.4, 0.5) is 8.78 Å². The summed E-state index contributed by atoms with van der Waals surface area (Å²) in [6.45, 7) is -0.0831. The average Bonchev–Trinajstić information content (AvgIpc) is 2.71. The van der Waals surface area contributed by atoms with Crippen molar-refractivity contribution in [1.82, 2.24) is 5.16 Å². The van der Waals surface area contributed by atoms with Crippen LogP contribution in [0.3, 0.4) is 0 Å². The Bertz CT molecular complexity index is 496. The molecule has 0 aliphatic heterocycles. The fourth-order valence-corrected chi connectivity index (χ4v) is 1.36. The normalized spacial score (nSPS) is 10.7. The van der Waals surface area contributed by atoms with Crippen molar-refractivity contribution in [3.8, 4) is 11.3 Å². The highest BCUT2D eigenvalue weighted by molar-refractivity contribution is 5.59. The third-order valence-corrected chi connectivity index (χ3v) is 2.12. The number of aliphatic hydroxyl groups excluding tert-OH is 1. The Hall–Kier alpha value is -1.75. The number of hydrogen-bond acceptors (Lipinski definition) is 3. The molecule has 3 nitrogen and oxygen atoms in total. The Morgan fingerprint density at radius 3 is 2.81 bits per heavy atom. The van der Waals surface area contributed by atoms with Gasteiger partial charge in [0.2, 0.25) is 0 Å². The van der Waals surface area contributed by atoms with Crippen molar-refractivity contribution in [3.05, 3.63) is 41.7 Å². The monoisotopic (exact) mass is 225 g/mol. The minimum Gasteiger partial charge on any atom is -0.396 e. The molecule has 2 rings (SSSR count). The molecule has 0 radical (unpaired) electrons. The first-order valence-corrected chi connectivity index (χ1v) is 4.72. The molecule has 1 aromatic heterocycles. The molecular formula is C11H9F2NO2. The van der Waals surface area contributed by atoms with Crippen molar-refractivity contribution in [2.75, 3.05) is 6.61 Å². The van der Waals surface area contributed by atoms with E-state index < -0.39 is 11.6 Å². The zero-order chi connectivity index (χ0) is 11.5. The molecular weight excluding hydrogens is 216 g/mol. The zero-order valence-corrected chi connectivity index (χ0v) is 8.28. The standard InChI is InChI=1S/C11H9F2NO2/c12-7-1-2-10(13)9(5-7)11-6-8(3-4-15)16-14-11/h1-2,5-6,15H,3-4H2. The summed E-state index contributed by atoms with van der Waals surface area (Å²) in [4.78, 5) is 0. The predicted molar refractivity (Wildman–Crippen MR) is 52.6 cm³/mol. The summed E-state index contributed by atoms with van der Waals surface area (Å²) >= 11 is 0. The van der Waals surface area contributed by atoms with Crippen LogP contribution in [0.25, 0.3) is 11.3 Å². The van der Waals surface area contributed by atoms with Crippen molar-refractivity contribution in [3.63, 3.8) is 0 Å². The van der Waals surface area contributed by atoms with Crippen LogP contribution in [-0.4, -0.2) is 16.9 Å². The third-order valence-electron chi connectivity index (χ3n) is 2.12. The number of rotatable bonds is 3. The van der Waals surface area contributed by atoms with Crippen LogP contribution in [0.5, 0.6) is 0 Å². The summed E-state index contributed by atoms with van der Waals surface area (Å²) in [6.07, 6.45) is 0.296. The van der Waals surface area contributed by atoms with Crippen molar-refractivity contribution in [2.24, 2.45) is 0 Å². The molecule has 0 amide bonds. The Morgan fingerprint density at radius 2 is 2.06 bits per heavy atom. The molecule has 16 heavy (non-hydrogen) atoms. The smallest absolute Gasteiger partial charge is 0.139 e. The van der Waals surface area contributed by atoms with Crippen molar-refractivity contribution in [1.29, 1.82) is 0 Å². The predicted octanol–water partition coefficient (Wildman–Crippen LogP) is 2.15. The molecule has 0 aliphatic carbocycles. The lowest BCUT2D eigenvalue weighted by Crippen LogP contribution is -1.87. The summed E-state index contributed by atoms with van der Waals surface area (Å²) < 4.78 is 31.1. The molecule has 5 heteroatoms. The van der Waals surface area contributed by atoms with Gasteiger partial charge in [-0.15, -0.1) is 0 Å². The number of aliphatic hydroxyl groups is 1. The van der Waals surface area contributed by atoms with Gasteiger partial charge in [-0.2, -0.15) is 0 Å². The van der Waals surface area contributed by atoms with Crippen LogP contribution in [-0.2, 0) is 6.42 Å². The summed E-state index contributed by atoms with van der Waals surface area (Å²) in [5.41, 5.74) is 0.272. The number of nitrogens with zero attached hydrogens (tertiary/aromatic N) is 1. The van der Waals surface area contributed by atoms with E-state index in [2.05, 4.69) is 5.16 Å². The van der Waals surface area contributed by atoms with E-state index in [0.29, 0.717) is 12.2 Å². The molecule has 84 valence electrons. The maximum Gasteiger partial charge on any atom is 0.139 e. The average molecular weight is 225 g/mol. The molecule has 0 saturated carbocycles. The molecule has 0 saturated heterocycles. The lowest BCUT2D eigenvalue weighted by Gasteiger charge is -1.97. The quantitative estimate of drug-likeness (QED) is 0.870. The van der Waals surface area contributed by atoms with Crippen LogP contribution in [0.2, 0.25) is 0 Å². The fraction of sp³-hybridized carbons (Fsp3) is 0.182. The van der Waals surface area contributed by atoms with Gasteiger partial charge in [0.25, 0.3) is 0 Å². The fourth-order valence-electron chi connectivity index (χ4n) is 1.36. The third kappa shape index (κ3) is 2.09. The van der Waals surface area contributed by atoms with Crippen molar-refractivity contribution in [2.45, 2.75) is 6.42 Å². The minimum absolute atomic E-state index is 0.0490. The second kappa shape index (κ2) is 4.40. The molecule has 0 unspecified atom stereocenters. The summed E-state index contributed by atoms with van der Waals surface area (Å²) in [7, 11) is 0. The van der Waals surface area contributed by atoms with E-state index in [1.54, 1.807) is 0 Å². The van der Waals surface area contributed by atoms with E-state index in [1.807, 2.05) is 0 Å². The number of halogens is 2. The number of hydrogen-bond donors (Lipinski definition) is 1. The van der Waals surface area contributed by atoms with Crippen molar-refractivity contribution >= 4 is 0 Å². The van der Waals surface area contributed by atoms with E-state index in [-0.39, 0.29) is 17.9 Å². The second-order valence-corrected chi connectivity index (χ2v) is 3.28. The largest absolute Gasteiger partial charge is 0.396 e. The van der Waals surface area contributed by atoms with Gasteiger partial charge in [-0.05, 0) is 18.2 Å². The molecule has 0 fully saturated rings. The molecule has 0 atom stereocenters. The van der Waals surface area contributed by atoms with Gasteiger partial charge in [-0.3, -0.25) is 0 Å². The highest BCUT2D eigenvalue weighted by atomic mass is 19.1. The first-order valence-electron chi connectivity index (χ1n) is 4.72. The minimum atomic E-state index is -0.565. The lowest BCUT2D eigenvalue weighted by molar-refractivity contribution is 0.277. The Balaban J connectivity index is 2.38. The molecule has 1 aromatic carbocycles. The number of benzene rings is 1. The Kier molecular flexibility index (Phi) is 2.96. The summed E-state index contributed by atoms with van der Waals surface area (Å²) in [6, 6.07) is 4.60. The highest BCUT2D eigenvalue weighted by Gasteiger charge is 2.11. The van der Waals surface area contributed by atoms with Gasteiger partial charge in [0.05, 0.1) is 6.61 Å². The van der Waals surface area contributed by atoms with E-state index in [0.717, 1.165) is 18.2 Å². The molecule has 0 spiro atoms. The van der Waals surface area contributed by atoms with Crippen molar-refractivity contribution < 1.29 is 18.4 Å². The van der Waals surface area contributed by atoms with Crippen LogP contribution in [0.1, 0.15) is 5.76 Å². The van der Waals surface area contributed by atoms with Crippen LogP contribution in [0.15, 0.2) is 28.8 Å². The number of aromatic nitrogens is 1. The lowest BCUT2D eigenvalue weighted by atomic mass is 10.1. The Labute approximate surface area is 90.3 Å². The van der Waals surface area contributed by atoms with E-state index in [1.165, 1.54) is 6.07 Å². The SMILES string of the molecule is OCCc1cc(-c2cc(F)ccc2F)no1. The van der Waals surface area contributed by atoms with Crippen LogP contribution < -0.4 is 0 Å². The first kappa shape index (κ1) is 10.8. The van der Waals surface area contributed by atoms with Gasteiger partial charge in [0.15, 0.2) is 0 Å². The van der Waals surface area contributed by atoms with Gasteiger partial charge < -0.3 is 9.63 Å².